The molecule has 150 valence electrons. The second-order valence-corrected chi connectivity index (χ2v) is 11.6. The van der Waals surface area contributed by atoms with E-state index in [2.05, 4.69) is 29.2 Å². The van der Waals surface area contributed by atoms with Gasteiger partial charge >= 0.3 is 15.2 Å². The van der Waals surface area contributed by atoms with E-state index < -0.39 is 15.2 Å². The second kappa shape index (κ2) is 6.07. The third kappa shape index (κ3) is 2.76. The number of hydrogen-bond acceptors (Lipinski definition) is 6. The van der Waals surface area contributed by atoms with Gasteiger partial charge in [-0.25, -0.2) is 14.0 Å². The second-order valence-electron chi connectivity index (χ2n) is 7.98. The summed E-state index contributed by atoms with van der Waals surface area (Å²) in [4.78, 5) is 14.6. The number of benzene rings is 1. The fourth-order valence-corrected chi connectivity index (χ4v) is 6.55. The quantitative estimate of drug-likeness (QED) is 0.299. The molecule has 0 heterocycles. The van der Waals surface area contributed by atoms with Gasteiger partial charge in [0.15, 0.2) is 0 Å². The molecule has 0 fully saturated rings. The van der Waals surface area contributed by atoms with Crippen LogP contribution in [0.4, 0.5) is 0 Å². The Hall–Kier alpha value is -1.36. The van der Waals surface area contributed by atoms with Crippen LogP contribution in [0.15, 0.2) is 24.3 Å². The highest BCUT2D eigenvalue weighted by molar-refractivity contribution is 7.53. The van der Waals surface area contributed by atoms with E-state index in [1.165, 1.54) is 20.4 Å². The van der Waals surface area contributed by atoms with Crippen LogP contribution in [0, 0.1) is 0 Å². The number of fused-ring (bicyclic) bond motifs is 10. The summed E-state index contributed by atoms with van der Waals surface area (Å²) in [7, 11) is -5.95. The van der Waals surface area contributed by atoms with Gasteiger partial charge in [-0.1, -0.05) is 24.3 Å². The summed E-state index contributed by atoms with van der Waals surface area (Å²) < 4.78 is 41.5. The summed E-state index contributed by atoms with van der Waals surface area (Å²) >= 11 is 0. The van der Waals surface area contributed by atoms with Gasteiger partial charge in [-0.3, -0.25) is 0 Å². The molecule has 0 radical (unpaired) electrons. The Morgan fingerprint density at radius 2 is 1.21 bits per heavy atom. The lowest BCUT2D eigenvalue weighted by Gasteiger charge is -2.28. The molecule has 1 aromatic carbocycles. The van der Waals surface area contributed by atoms with E-state index in [1.807, 2.05) is 0 Å². The molecule has 2 unspecified atom stereocenters. The smallest absolute Gasteiger partial charge is 0.402 e. The lowest BCUT2D eigenvalue weighted by molar-refractivity contribution is -0.183. The first kappa shape index (κ1) is 18.7. The maximum atomic E-state index is 12.8. The van der Waals surface area contributed by atoms with E-state index in [9.17, 15) is 14.0 Å². The predicted octanol–water partition coefficient (Wildman–Crippen LogP) is 4.94. The molecule has 4 aliphatic rings. The first-order valence-corrected chi connectivity index (χ1v) is 13.3. The minimum absolute atomic E-state index is 0.0943. The van der Waals surface area contributed by atoms with Crippen LogP contribution in [0.25, 0.3) is 0 Å². The SMILES string of the molecule is COOP(C)(=O)Oc1c2c(c(OP(C)(=O)O)c3c1[C@H]1C=C[C@@H]3C1)[C@H]1C=C[C@@H]2C1. The van der Waals surface area contributed by atoms with Crippen LogP contribution in [0.3, 0.4) is 0 Å². The third-order valence-corrected chi connectivity index (χ3v) is 7.39. The summed E-state index contributed by atoms with van der Waals surface area (Å²) in [6.45, 7) is 2.58. The van der Waals surface area contributed by atoms with Gasteiger partial charge < -0.3 is 13.9 Å². The minimum Gasteiger partial charge on any atom is -0.424 e. The monoisotopic (exact) mass is 424 g/mol. The largest absolute Gasteiger partial charge is 0.424 e. The molecule has 1 aromatic rings. The molecule has 28 heavy (non-hydrogen) atoms. The predicted molar refractivity (Wildman–Crippen MR) is 104 cm³/mol. The van der Waals surface area contributed by atoms with Crippen LogP contribution in [0.2, 0.25) is 0 Å². The Kier molecular flexibility index (Phi) is 4.04. The Balaban J connectivity index is 1.77. The number of rotatable bonds is 6. The van der Waals surface area contributed by atoms with Gasteiger partial charge in [0.05, 0.1) is 13.8 Å². The molecule has 0 aromatic heterocycles. The Morgan fingerprint density at radius 3 is 1.57 bits per heavy atom. The van der Waals surface area contributed by atoms with Crippen molar-refractivity contribution in [2.45, 2.75) is 36.5 Å². The number of allylic oxidation sites excluding steroid dienone is 4. The number of hydrogen-bond donors (Lipinski definition) is 1. The Bertz CT molecular complexity index is 969. The first-order valence-electron chi connectivity index (χ1n) is 9.28. The van der Waals surface area contributed by atoms with Crippen molar-refractivity contribution in [1.82, 2.24) is 0 Å². The molecular formula is C19H22O7P2. The third-order valence-electron chi connectivity index (χ3n) is 5.94. The maximum absolute atomic E-state index is 12.8. The van der Waals surface area contributed by atoms with Gasteiger partial charge in [0.25, 0.3) is 0 Å². The van der Waals surface area contributed by atoms with Gasteiger partial charge in [0, 0.05) is 52.6 Å². The molecule has 4 bridgehead atoms. The molecule has 0 saturated carbocycles. The fourth-order valence-electron chi connectivity index (χ4n) is 5.19. The van der Waals surface area contributed by atoms with Gasteiger partial charge in [-0.15, -0.1) is 4.67 Å². The normalized spacial score (nSPS) is 32.1. The molecule has 0 amide bonds. The molecule has 0 aliphatic heterocycles. The highest BCUT2D eigenvalue weighted by Gasteiger charge is 2.48. The summed E-state index contributed by atoms with van der Waals surface area (Å²) in [5, 5.41) is 0. The standard InChI is InChI=1S/C19H22O7P2/c1-23-26-28(3,22)25-19-16-12-6-4-10(8-12)14(16)18(24-27(2,20)21)15-11-5-7-13(9-11)17(15)19/h4-7,10-13H,8-9H2,1-3H3,(H,20,21)/t10-,11+,12+,13-,28?. The molecule has 6 atom stereocenters. The van der Waals surface area contributed by atoms with Crippen molar-refractivity contribution in [3.8, 4) is 11.5 Å². The highest BCUT2D eigenvalue weighted by Crippen LogP contribution is 2.67. The molecule has 1 N–H and O–H groups in total. The van der Waals surface area contributed by atoms with Gasteiger partial charge in [-0.05, 0) is 12.8 Å². The van der Waals surface area contributed by atoms with E-state index in [0.29, 0.717) is 11.5 Å². The summed E-state index contributed by atoms with van der Waals surface area (Å²) in [6, 6.07) is 0. The topological polar surface area (TPSA) is 91.3 Å². The van der Waals surface area contributed by atoms with Crippen molar-refractivity contribution in [2.75, 3.05) is 20.4 Å². The average molecular weight is 424 g/mol. The Labute approximate surface area is 163 Å². The zero-order valence-electron chi connectivity index (χ0n) is 15.8. The molecule has 5 rings (SSSR count). The molecule has 0 spiro atoms. The van der Waals surface area contributed by atoms with Crippen molar-refractivity contribution in [3.05, 3.63) is 46.6 Å². The van der Waals surface area contributed by atoms with Gasteiger partial charge in [0.2, 0.25) is 0 Å². The van der Waals surface area contributed by atoms with Crippen LogP contribution >= 0.6 is 15.2 Å². The molecule has 4 aliphatic carbocycles. The minimum atomic E-state index is -3.75. The van der Waals surface area contributed by atoms with Gasteiger partial charge in [-0.2, -0.15) is 0 Å². The van der Waals surface area contributed by atoms with Crippen LogP contribution in [0.5, 0.6) is 11.5 Å². The van der Waals surface area contributed by atoms with Crippen LogP contribution in [-0.4, -0.2) is 25.3 Å². The maximum Gasteiger partial charge on any atom is 0.402 e. The van der Waals surface area contributed by atoms with E-state index >= 15 is 0 Å². The van der Waals surface area contributed by atoms with Crippen LogP contribution in [-0.2, 0) is 18.7 Å². The van der Waals surface area contributed by atoms with E-state index in [4.69, 9.17) is 13.7 Å². The van der Waals surface area contributed by atoms with Crippen molar-refractivity contribution in [1.29, 1.82) is 0 Å². The van der Waals surface area contributed by atoms with Crippen LogP contribution in [0.1, 0.15) is 58.8 Å². The summed E-state index contributed by atoms with van der Waals surface area (Å²) in [5.74, 6) is 1.47. The van der Waals surface area contributed by atoms with Crippen molar-refractivity contribution in [3.63, 3.8) is 0 Å². The van der Waals surface area contributed by atoms with Crippen molar-refractivity contribution < 1.29 is 32.6 Å². The van der Waals surface area contributed by atoms with Gasteiger partial charge in [0.1, 0.15) is 11.5 Å². The van der Waals surface area contributed by atoms with E-state index in [1.54, 1.807) is 0 Å². The van der Waals surface area contributed by atoms with E-state index in [0.717, 1.165) is 35.1 Å². The average Bonchev–Trinajstić information content (AvgIpc) is 3.35. The zero-order chi connectivity index (χ0) is 19.8. The Morgan fingerprint density at radius 1 is 0.821 bits per heavy atom. The van der Waals surface area contributed by atoms with E-state index in [-0.39, 0.29) is 23.7 Å². The first-order chi connectivity index (χ1) is 13.2. The zero-order valence-corrected chi connectivity index (χ0v) is 17.6. The van der Waals surface area contributed by atoms with Crippen LogP contribution < -0.4 is 9.05 Å². The van der Waals surface area contributed by atoms with Crippen molar-refractivity contribution >= 4 is 15.2 Å². The van der Waals surface area contributed by atoms with Crippen molar-refractivity contribution in [2.24, 2.45) is 0 Å². The highest BCUT2D eigenvalue weighted by atomic mass is 31.2. The molecule has 9 heteroatoms. The molecule has 7 nitrogen and oxygen atoms in total. The lowest BCUT2D eigenvalue weighted by Crippen LogP contribution is -2.10. The fraction of sp³-hybridized carbons (Fsp3) is 0.474. The molecule has 0 saturated heterocycles. The summed E-state index contributed by atoms with van der Waals surface area (Å²) in [6.07, 6.45) is 10.1. The lowest BCUT2D eigenvalue weighted by atomic mass is 9.85. The summed E-state index contributed by atoms with van der Waals surface area (Å²) in [5.41, 5.74) is 3.57. The molecular weight excluding hydrogens is 402 g/mol.